The van der Waals surface area contributed by atoms with Crippen molar-refractivity contribution in [2.24, 2.45) is 0 Å². The van der Waals surface area contributed by atoms with E-state index in [2.05, 4.69) is 36.3 Å². The van der Waals surface area contributed by atoms with Gasteiger partial charge in [-0.2, -0.15) is 0 Å². The van der Waals surface area contributed by atoms with E-state index in [1.165, 1.54) is 24.0 Å². The zero-order valence-corrected chi connectivity index (χ0v) is 15.1. The number of halogens is 1. The fourth-order valence-electron chi connectivity index (χ4n) is 4.48. The zero-order chi connectivity index (χ0) is 16.0. The van der Waals surface area contributed by atoms with Crippen LogP contribution < -0.4 is 5.32 Å². The molecule has 2 unspecified atom stereocenters. The Bertz CT molecular complexity index is 703. The van der Waals surface area contributed by atoms with Gasteiger partial charge in [-0.05, 0) is 62.4 Å². The van der Waals surface area contributed by atoms with Gasteiger partial charge in [-0.1, -0.05) is 30.3 Å². The van der Waals surface area contributed by atoms with Gasteiger partial charge < -0.3 is 10.2 Å². The molecule has 2 atom stereocenters. The molecule has 0 aromatic rings. The molecule has 0 radical (unpaired) electrons. The second-order valence-corrected chi connectivity index (χ2v) is 7.17. The predicted octanol–water partition coefficient (Wildman–Crippen LogP) is 3.88. The summed E-state index contributed by atoms with van der Waals surface area (Å²) >= 11 is 0. The number of carbonyl (C=O) groups excluding carboxylic acids is 1. The van der Waals surface area contributed by atoms with E-state index in [0.717, 1.165) is 24.0 Å². The molecule has 4 rings (SSSR count). The van der Waals surface area contributed by atoms with Gasteiger partial charge in [0, 0.05) is 23.7 Å². The van der Waals surface area contributed by atoms with Gasteiger partial charge in [0.05, 0.1) is 0 Å². The normalized spacial score (nSPS) is 26.2. The Morgan fingerprint density at radius 3 is 2.38 bits per heavy atom. The summed E-state index contributed by atoms with van der Waals surface area (Å²) in [4.78, 5) is 15.3. The highest BCUT2D eigenvalue weighted by Crippen LogP contribution is 2.35. The van der Waals surface area contributed by atoms with Crippen molar-refractivity contribution in [2.75, 3.05) is 7.05 Å². The first-order chi connectivity index (χ1) is 11.1. The lowest BCUT2D eigenvalue weighted by Crippen LogP contribution is -2.48. The highest BCUT2D eigenvalue weighted by atomic mass is 35.5. The summed E-state index contributed by atoms with van der Waals surface area (Å²) in [5, 5.41) is 3.31. The van der Waals surface area contributed by atoms with E-state index in [0.29, 0.717) is 18.1 Å². The number of nitrogens with zero attached hydrogens (tertiary/aromatic N) is 1. The van der Waals surface area contributed by atoms with Crippen LogP contribution in [0.25, 0.3) is 11.1 Å². The van der Waals surface area contributed by atoms with Crippen molar-refractivity contribution < 1.29 is 4.79 Å². The number of piperidine rings is 1. The lowest BCUT2D eigenvalue weighted by atomic mass is 9.97. The number of aryl methyl sites for hydroxylation is 1. The third kappa shape index (κ3) is 2.91. The fraction of sp³-hybridized carbons (Fsp3) is 0.450. The van der Waals surface area contributed by atoms with Gasteiger partial charge in [-0.25, -0.2) is 0 Å². The van der Waals surface area contributed by atoms with Crippen molar-refractivity contribution >= 4 is 18.3 Å². The molecule has 0 aromatic carbocycles. The maximum Gasteiger partial charge on any atom is 0.252 e. The van der Waals surface area contributed by atoms with Gasteiger partial charge in [-0.15, -0.1) is 12.4 Å². The summed E-state index contributed by atoms with van der Waals surface area (Å²) in [7, 11) is 2.23. The Labute approximate surface area is 150 Å². The van der Waals surface area contributed by atoms with Gasteiger partial charge in [0.15, 0.2) is 0 Å². The molecular formula is C20H25ClN2O. The summed E-state index contributed by atoms with van der Waals surface area (Å²) in [6, 6.07) is 13.8. The second-order valence-electron chi connectivity index (χ2n) is 7.17. The maximum absolute atomic E-state index is 12.8. The SMILES string of the molecule is Cc1cc(C(=O)NC2CC3CCC(C2)N3C)c2cccccc1-2.Cl. The molecule has 4 heteroatoms. The van der Waals surface area contributed by atoms with Gasteiger partial charge in [0.1, 0.15) is 0 Å². The lowest BCUT2D eigenvalue weighted by molar-refractivity contribution is 0.0883. The minimum absolute atomic E-state index is 0. The first-order valence-electron chi connectivity index (χ1n) is 8.64. The average molecular weight is 345 g/mol. The van der Waals surface area contributed by atoms with Crippen molar-refractivity contribution in [3.8, 4) is 11.1 Å². The summed E-state index contributed by atoms with van der Waals surface area (Å²) in [5.41, 5.74) is 4.22. The third-order valence-corrected chi connectivity index (χ3v) is 5.79. The topological polar surface area (TPSA) is 32.3 Å². The standard InChI is InChI=1S/C20H24N2O.ClH/c1-13-10-19(18-7-5-3-4-6-17(13)18)20(23)21-14-11-15-8-9-16(12-14)22(15)2;/h3-7,10,14-16H,8-9,11-12H2,1-2H3,(H,21,23);1H. The minimum Gasteiger partial charge on any atom is -0.349 e. The molecule has 2 aliphatic carbocycles. The van der Waals surface area contributed by atoms with Gasteiger partial charge in [0.2, 0.25) is 0 Å². The highest BCUT2D eigenvalue weighted by molar-refractivity contribution is 6.03. The first kappa shape index (κ1) is 17.2. The van der Waals surface area contributed by atoms with Crippen LogP contribution in [0.3, 0.4) is 0 Å². The summed E-state index contributed by atoms with van der Waals surface area (Å²) in [6.45, 7) is 2.08. The number of rotatable bonds is 2. The van der Waals surface area contributed by atoms with Crippen molar-refractivity contribution in [2.45, 2.75) is 50.7 Å². The van der Waals surface area contributed by atoms with E-state index in [4.69, 9.17) is 0 Å². The van der Waals surface area contributed by atoms with Crippen LogP contribution in [0.4, 0.5) is 0 Å². The van der Waals surface area contributed by atoms with Crippen molar-refractivity contribution in [1.29, 1.82) is 0 Å². The second kappa shape index (κ2) is 6.73. The Morgan fingerprint density at radius 1 is 1.08 bits per heavy atom. The van der Waals surface area contributed by atoms with Crippen LogP contribution >= 0.6 is 12.4 Å². The predicted molar refractivity (Wildman–Crippen MR) is 100 cm³/mol. The molecule has 2 fully saturated rings. The molecule has 1 amide bonds. The molecule has 128 valence electrons. The van der Waals surface area contributed by atoms with Crippen molar-refractivity contribution in [1.82, 2.24) is 10.2 Å². The average Bonchev–Trinajstić information content (AvgIpc) is 2.86. The summed E-state index contributed by atoms with van der Waals surface area (Å²) in [6.07, 6.45) is 4.73. The van der Waals surface area contributed by atoms with Crippen LogP contribution in [-0.2, 0) is 0 Å². The monoisotopic (exact) mass is 344 g/mol. The zero-order valence-electron chi connectivity index (χ0n) is 14.3. The van der Waals surface area contributed by atoms with Crippen LogP contribution in [0.1, 0.15) is 41.6 Å². The van der Waals surface area contributed by atoms with Crippen LogP contribution in [-0.4, -0.2) is 36.0 Å². The number of fused-ring (bicyclic) bond motifs is 3. The Kier molecular flexibility index (Phi) is 4.84. The molecule has 0 saturated carbocycles. The Balaban J connectivity index is 0.00000169. The van der Waals surface area contributed by atoms with E-state index >= 15 is 0 Å². The van der Waals surface area contributed by atoms with E-state index < -0.39 is 0 Å². The number of nitrogens with one attached hydrogen (secondary N) is 1. The van der Waals surface area contributed by atoms with Crippen molar-refractivity contribution in [3.05, 3.63) is 47.5 Å². The van der Waals surface area contributed by atoms with Gasteiger partial charge in [0.25, 0.3) is 5.91 Å². The van der Waals surface area contributed by atoms with E-state index in [1.54, 1.807) is 0 Å². The Morgan fingerprint density at radius 2 is 1.71 bits per heavy atom. The van der Waals surface area contributed by atoms with Crippen LogP contribution in [0, 0.1) is 6.92 Å². The van der Waals surface area contributed by atoms with Gasteiger partial charge in [-0.3, -0.25) is 4.79 Å². The molecule has 2 bridgehead atoms. The molecule has 4 aliphatic rings. The van der Waals surface area contributed by atoms with Crippen molar-refractivity contribution in [3.63, 3.8) is 0 Å². The number of hydrogen-bond acceptors (Lipinski definition) is 2. The smallest absolute Gasteiger partial charge is 0.252 e. The number of hydrogen-bond donors (Lipinski definition) is 1. The number of carbonyl (C=O) groups is 1. The van der Waals surface area contributed by atoms with Crippen LogP contribution in [0.15, 0.2) is 36.4 Å². The largest absolute Gasteiger partial charge is 0.349 e. The molecule has 3 nitrogen and oxygen atoms in total. The highest BCUT2D eigenvalue weighted by Gasteiger charge is 2.39. The maximum atomic E-state index is 12.8. The molecular weight excluding hydrogens is 320 g/mol. The molecule has 2 aliphatic heterocycles. The molecule has 1 N–H and O–H groups in total. The molecule has 0 spiro atoms. The minimum atomic E-state index is 0. The first-order valence-corrected chi connectivity index (χ1v) is 8.64. The molecule has 2 saturated heterocycles. The molecule has 0 aromatic heterocycles. The molecule has 24 heavy (non-hydrogen) atoms. The van der Waals surface area contributed by atoms with E-state index in [1.807, 2.05) is 24.3 Å². The Hall–Kier alpha value is -1.58. The van der Waals surface area contributed by atoms with Crippen LogP contribution in [0.5, 0.6) is 0 Å². The van der Waals surface area contributed by atoms with Gasteiger partial charge >= 0.3 is 0 Å². The van der Waals surface area contributed by atoms with Crippen LogP contribution in [0.2, 0.25) is 0 Å². The summed E-state index contributed by atoms with van der Waals surface area (Å²) < 4.78 is 0. The third-order valence-electron chi connectivity index (χ3n) is 5.79. The number of amides is 1. The summed E-state index contributed by atoms with van der Waals surface area (Å²) in [5.74, 6) is 0.0863. The van der Waals surface area contributed by atoms with E-state index in [-0.39, 0.29) is 18.3 Å². The molecule has 2 heterocycles. The lowest BCUT2D eigenvalue weighted by Gasteiger charge is -2.36. The van der Waals surface area contributed by atoms with E-state index in [9.17, 15) is 4.79 Å². The fourth-order valence-corrected chi connectivity index (χ4v) is 4.48. The quantitative estimate of drug-likeness (QED) is 0.896.